The highest BCUT2D eigenvalue weighted by molar-refractivity contribution is 6.61. The number of nitrogens with zero attached hydrogens (tertiary/aromatic N) is 6. The van der Waals surface area contributed by atoms with Crippen molar-refractivity contribution >= 4 is 29.9 Å². The fraction of sp³-hybridized carbons (Fsp3) is 0.571. The molecule has 2 aromatic rings. The topological polar surface area (TPSA) is 86.8 Å². The van der Waals surface area contributed by atoms with E-state index in [4.69, 9.17) is 9.31 Å². The van der Waals surface area contributed by atoms with E-state index in [1.54, 1.807) is 13.1 Å². The van der Waals surface area contributed by atoms with Crippen LogP contribution < -0.4 is 16.1 Å². The first-order chi connectivity index (χ1) is 14.6. The average Bonchev–Trinajstić information content (AvgIpc) is 2.94. The maximum atomic E-state index is 12.6. The van der Waals surface area contributed by atoms with Gasteiger partial charge in [-0.2, -0.15) is 5.10 Å². The Morgan fingerprint density at radius 3 is 2.26 bits per heavy atom. The molecule has 0 N–H and O–H groups in total. The van der Waals surface area contributed by atoms with Crippen LogP contribution in [0.1, 0.15) is 27.7 Å². The van der Waals surface area contributed by atoms with Crippen molar-refractivity contribution in [1.82, 2.24) is 19.7 Å². The predicted molar refractivity (Wildman–Crippen MR) is 122 cm³/mol. The molecule has 0 atom stereocenters. The van der Waals surface area contributed by atoms with E-state index in [-0.39, 0.29) is 11.2 Å². The third-order valence-corrected chi connectivity index (χ3v) is 6.39. The first-order valence-electron chi connectivity index (χ1n) is 10.6. The lowest BCUT2D eigenvalue weighted by molar-refractivity contribution is 0.00578. The second kappa shape index (κ2) is 7.92. The molecule has 2 saturated heterocycles. The number of hydrogen-bond acceptors (Lipinski definition) is 7. The van der Waals surface area contributed by atoms with Crippen molar-refractivity contribution in [3.8, 4) is 0 Å². The highest BCUT2D eigenvalue weighted by Crippen LogP contribution is 2.36. The van der Waals surface area contributed by atoms with Crippen molar-refractivity contribution in [3.63, 3.8) is 0 Å². The summed E-state index contributed by atoms with van der Waals surface area (Å²) in [5.41, 5.74) is 0.534. The van der Waals surface area contributed by atoms with Gasteiger partial charge < -0.3 is 29.4 Å². The Bertz CT molecular complexity index is 983. The lowest BCUT2D eigenvalue weighted by Gasteiger charge is -2.34. The number of anilines is 1. The van der Waals surface area contributed by atoms with Crippen LogP contribution in [0.2, 0.25) is 0 Å². The van der Waals surface area contributed by atoms with E-state index >= 15 is 0 Å². The van der Waals surface area contributed by atoms with E-state index in [1.165, 1.54) is 4.68 Å². The molecule has 0 saturated carbocycles. The van der Waals surface area contributed by atoms with Gasteiger partial charge in [-0.05, 0) is 46.9 Å². The third-order valence-electron chi connectivity index (χ3n) is 6.39. The molecule has 0 radical (unpaired) electrons. The van der Waals surface area contributed by atoms with Crippen molar-refractivity contribution in [2.45, 2.75) is 38.9 Å². The standard InChI is InChI=1S/C21H30BN6O3/c1-20(2)21(3,4)31-22(30-20)17-13-16(19(29)27(6)25-17)24-18-8-7-15(14-23-18)28-11-9-26(5)10-12-28/h7-8,13-14H,9-12H2,1-6H3/q-1. The van der Waals surface area contributed by atoms with Crippen LogP contribution in [0, 0.1) is 0 Å². The third kappa shape index (κ3) is 4.33. The highest BCUT2D eigenvalue weighted by atomic mass is 16.7. The maximum absolute atomic E-state index is 12.6. The molecule has 10 heteroatoms. The Kier molecular flexibility index (Phi) is 5.57. The molecular formula is C21H30BN6O3-. The summed E-state index contributed by atoms with van der Waals surface area (Å²) >= 11 is 0. The number of piperazine rings is 1. The molecule has 9 nitrogen and oxygen atoms in total. The first-order valence-corrected chi connectivity index (χ1v) is 10.6. The molecule has 2 aliphatic heterocycles. The van der Waals surface area contributed by atoms with Crippen LogP contribution in [-0.2, 0) is 16.4 Å². The van der Waals surface area contributed by atoms with Crippen LogP contribution >= 0.6 is 0 Å². The highest BCUT2D eigenvalue weighted by Gasteiger charge is 2.52. The van der Waals surface area contributed by atoms with Crippen molar-refractivity contribution in [1.29, 1.82) is 0 Å². The summed E-state index contributed by atoms with van der Waals surface area (Å²) in [6.07, 6.45) is 1.81. The van der Waals surface area contributed by atoms with E-state index in [9.17, 15) is 4.79 Å². The fourth-order valence-corrected chi connectivity index (χ4v) is 3.59. The van der Waals surface area contributed by atoms with E-state index in [0.29, 0.717) is 11.4 Å². The van der Waals surface area contributed by atoms with Crippen LogP contribution in [0.4, 0.5) is 17.2 Å². The molecule has 2 fully saturated rings. The average molecular weight is 425 g/mol. The second-order valence-corrected chi connectivity index (χ2v) is 9.25. The Balaban J connectivity index is 1.53. The zero-order chi connectivity index (χ0) is 22.4. The van der Waals surface area contributed by atoms with Gasteiger partial charge in [-0.1, -0.05) is 18.1 Å². The number of aryl methyl sites for hydroxylation is 1. The zero-order valence-corrected chi connectivity index (χ0v) is 19.1. The van der Waals surface area contributed by atoms with Gasteiger partial charge in [-0.15, -0.1) is 0 Å². The normalized spacial score (nSPS) is 20.8. The fourth-order valence-electron chi connectivity index (χ4n) is 3.59. The summed E-state index contributed by atoms with van der Waals surface area (Å²) < 4.78 is 13.4. The summed E-state index contributed by atoms with van der Waals surface area (Å²) in [4.78, 5) is 21.7. The molecule has 0 bridgehead atoms. The summed E-state index contributed by atoms with van der Waals surface area (Å²) in [7, 11) is 3.06. The largest absolute Gasteiger partial charge is 0.516 e. The van der Waals surface area contributed by atoms with Gasteiger partial charge >= 0.3 is 7.12 Å². The van der Waals surface area contributed by atoms with Gasteiger partial charge in [0.1, 0.15) is 0 Å². The van der Waals surface area contributed by atoms with Gasteiger partial charge in [0.15, 0.2) is 0 Å². The van der Waals surface area contributed by atoms with E-state index in [1.807, 2.05) is 46.0 Å². The van der Waals surface area contributed by atoms with Gasteiger partial charge in [0.05, 0.1) is 16.8 Å². The second-order valence-electron chi connectivity index (χ2n) is 9.25. The Labute approximate surface area is 183 Å². The molecule has 0 unspecified atom stereocenters. The Morgan fingerprint density at radius 2 is 1.68 bits per heavy atom. The van der Waals surface area contributed by atoms with E-state index in [2.05, 4.69) is 32.2 Å². The van der Waals surface area contributed by atoms with Crippen molar-refractivity contribution in [3.05, 3.63) is 40.1 Å². The van der Waals surface area contributed by atoms with Gasteiger partial charge in [-0.25, -0.2) is 4.68 Å². The van der Waals surface area contributed by atoms with Gasteiger partial charge in [0.2, 0.25) is 0 Å². The monoisotopic (exact) mass is 425 g/mol. The molecular weight excluding hydrogens is 395 g/mol. The molecule has 166 valence electrons. The first kappa shape index (κ1) is 21.8. The lowest BCUT2D eigenvalue weighted by atomic mass is 9.84. The van der Waals surface area contributed by atoms with Gasteiger partial charge in [0.25, 0.3) is 5.56 Å². The van der Waals surface area contributed by atoms with Crippen LogP contribution in [0.25, 0.3) is 5.32 Å². The number of likely N-dealkylation sites (N-methyl/N-ethyl adjacent to an activating group) is 1. The Morgan fingerprint density at radius 1 is 1.03 bits per heavy atom. The molecule has 0 amide bonds. The minimum Gasteiger partial charge on any atom is -0.441 e. The van der Waals surface area contributed by atoms with Crippen molar-refractivity contribution < 1.29 is 9.31 Å². The molecule has 2 aliphatic rings. The lowest BCUT2D eigenvalue weighted by Crippen LogP contribution is -2.44. The molecule has 0 spiro atoms. The SMILES string of the molecule is CN1CCN(c2ccc([N-]c3cc(B4OC(C)(C)C(C)(C)O4)nn(C)c3=O)nc2)CC1. The summed E-state index contributed by atoms with van der Waals surface area (Å²) in [6, 6.07) is 5.46. The molecule has 4 rings (SSSR count). The van der Waals surface area contributed by atoms with Crippen LogP contribution in [-0.4, -0.2) is 71.2 Å². The summed E-state index contributed by atoms with van der Waals surface area (Å²) in [5.74, 6) is 0.473. The van der Waals surface area contributed by atoms with Crippen molar-refractivity contribution in [2.75, 3.05) is 38.1 Å². The molecule has 2 aromatic heterocycles. The van der Waals surface area contributed by atoms with E-state index in [0.717, 1.165) is 31.9 Å². The van der Waals surface area contributed by atoms with Crippen molar-refractivity contribution in [2.24, 2.45) is 7.05 Å². The Hall–Kier alpha value is -2.43. The quantitative estimate of drug-likeness (QED) is 0.688. The summed E-state index contributed by atoms with van der Waals surface area (Å²) in [5, 5.41) is 8.81. The minimum absolute atomic E-state index is 0.252. The predicted octanol–water partition coefficient (Wildman–Crippen LogP) is 1.56. The van der Waals surface area contributed by atoms with Crippen LogP contribution in [0.3, 0.4) is 0 Å². The summed E-state index contributed by atoms with van der Waals surface area (Å²) in [6.45, 7) is 11.9. The molecule has 31 heavy (non-hydrogen) atoms. The molecule has 4 heterocycles. The van der Waals surface area contributed by atoms with Crippen LogP contribution in [0.5, 0.6) is 0 Å². The number of hydrogen-bond donors (Lipinski definition) is 0. The van der Waals surface area contributed by atoms with Gasteiger partial charge in [0, 0.05) is 44.6 Å². The maximum Gasteiger partial charge on any atom is 0.516 e. The number of rotatable bonds is 4. The van der Waals surface area contributed by atoms with Crippen LogP contribution in [0.15, 0.2) is 29.2 Å². The number of pyridine rings is 1. The molecule has 0 aromatic carbocycles. The van der Waals surface area contributed by atoms with Gasteiger partial charge in [-0.3, -0.25) is 4.79 Å². The number of aromatic nitrogens is 3. The molecule has 0 aliphatic carbocycles. The smallest absolute Gasteiger partial charge is 0.441 e. The van der Waals surface area contributed by atoms with E-state index < -0.39 is 18.3 Å². The zero-order valence-electron chi connectivity index (χ0n) is 19.1. The minimum atomic E-state index is -0.668.